The Morgan fingerprint density at radius 3 is 2.62 bits per heavy atom. The zero-order chi connectivity index (χ0) is 9.40. The number of nitrogens with two attached hydrogens (primary N) is 1. The highest BCUT2D eigenvalue weighted by Gasteiger charge is 2.07. The second-order valence-electron chi connectivity index (χ2n) is 2.73. The number of allylic oxidation sites excluding steroid dienone is 2. The van der Waals surface area contributed by atoms with Crippen LogP contribution < -0.4 is 5.73 Å². The Morgan fingerprint density at radius 1 is 1.54 bits per heavy atom. The van der Waals surface area contributed by atoms with Gasteiger partial charge in [-0.2, -0.15) is 0 Å². The van der Waals surface area contributed by atoms with Crippen LogP contribution in [0.5, 0.6) is 0 Å². The van der Waals surface area contributed by atoms with E-state index in [2.05, 4.69) is 0 Å². The molecule has 0 spiro atoms. The Hall–Kier alpha value is -0.610. The number of nitrogens with zero attached hydrogens (tertiary/aromatic N) is 1. The molecule has 0 aliphatic carbocycles. The van der Waals surface area contributed by atoms with Crippen molar-refractivity contribution in [2.45, 2.75) is 32.2 Å². The normalized spacial score (nSPS) is 12.5. The number of nitro groups is 1. The fourth-order valence-electron chi connectivity index (χ4n) is 0.878. The molecular weight excluding hydrogens is 192 g/mol. The molecule has 0 aromatic carbocycles. The average Bonchev–Trinajstić information content (AvgIpc) is 1.97. The van der Waals surface area contributed by atoms with Crippen LogP contribution in [0.4, 0.5) is 0 Å². The first-order valence-electron chi connectivity index (χ1n) is 4.19. The zero-order valence-corrected chi connectivity index (χ0v) is 8.63. The Bertz CT molecular complexity index is 162. The third kappa shape index (κ3) is 11.4. The van der Waals surface area contributed by atoms with Gasteiger partial charge in [-0.15, -0.1) is 12.4 Å². The van der Waals surface area contributed by atoms with E-state index >= 15 is 0 Å². The van der Waals surface area contributed by atoms with E-state index in [1.165, 1.54) is 0 Å². The van der Waals surface area contributed by atoms with Crippen molar-refractivity contribution in [2.75, 3.05) is 6.54 Å². The molecule has 1 atom stereocenters. The Labute approximate surface area is 84.8 Å². The van der Waals surface area contributed by atoms with Gasteiger partial charge in [0.1, 0.15) is 0 Å². The monoisotopic (exact) mass is 208 g/mol. The zero-order valence-electron chi connectivity index (χ0n) is 7.81. The Kier molecular flexibility index (Phi) is 10.9. The second kappa shape index (κ2) is 9.48. The molecule has 0 aromatic heterocycles. The van der Waals surface area contributed by atoms with E-state index in [0.29, 0.717) is 6.42 Å². The van der Waals surface area contributed by atoms with Crippen LogP contribution in [0.3, 0.4) is 0 Å². The lowest BCUT2D eigenvalue weighted by molar-refractivity contribution is -0.482. The molecule has 0 aliphatic rings. The van der Waals surface area contributed by atoms with Crippen molar-refractivity contribution in [1.29, 1.82) is 0 Å². The molecule has 0 heterocycles. The smallest absolute Gasteiger partial charge is 0.218 e. The van der Waals surface area contributed by atoms with E-state index in [1.54, 1.807) is 0 Å². The molecule has 0 bridgehead atoms. The number of rotatable bonds is 6. The molecule has 0 radical (unpaired) electrons. The van der Waals surface area contributed by atoms with Gasteiger partial charge in [-0.05, 0) is 19.3 Å². The van der Waals surface area contributed by atoms with Gasteiger partial charge in [0.2, 0.25) is 6.54 Å². The SMILES string of the molecule is CC/C=C\CC[C@H](N)C[N+](=O)[O-].Cl. The van der Waals surface area contributed by atoms with E-state index < -0.39 is 0 Å². The van der Waals surface area contributed by atoms with Crippen LogP contribution in [0.1, 0.15) is 26.2 Å². The lowest BCUT2D eigenvalue weighted by atomic mass is 10.1. The summed E-state index contributed by atoms with van der Waals surface area (Å²) in [6.45, 7) is 1.92. The van der Waals surface area contributed by atoms with Crippen molar-refractivity contribution in [2.24, 2.45) is 5.73 Å². The number of halogens is 1. The lowest BCUT2D eigenvalue weighted by Gasteiger charge is -2.02. The van der Waals surface area contributed by atoms with Gasteiger partial charge in [-0.3, -0.25) is 10.1 Å². The van der Waals surface area contributed by atoms with Crippen LogP contribution >= 0.6 is 12.4 Å². The molecule has 0 saturated carbocycles. The maximum Gasteiger partial charge on any atom is 0.218 e. The van der Waals surface area contributed by atoms with Gasteiger partial charge in [-0.25, -0.2) is 0 Å². The van der Waals surface area contributed by atoms with Crippen molar-refractivity contribution < 1.29 is 4.92 Å². The molecule has 5 heteroatoms. The van der Waals surface area contributed by atoms with Crippen molar-refractivity contribution in [3.8, 4) is 0 Å². The van der Waals surface area contributed by atoms with Crippen LogP contribution in [0.25, 0.3) is 0 Å². The molecular formula is C8H17ClN2O2. The van der Waals surface area contributed by atoms with Gasteiger partial charge in [0.05, 0.1) is 6.04 Å². The minimum Gasteiger partial charge on any atom is -0.322 e. The van der Waals surface area contributed by atoms with Crippen LogP contribution in [-0.2, 0) is 0 Å². The van der Waals surface area contributed by atoms with E-state index in [9.17, 15) is 10.1 Å². The van der Waals surface area contributed by atoms with Gasteiger partial charge < -0.3 is 5.73 Å². The van der Waals surface area contributed by atoms with Crippen LogP contribution in [-0.4, -0.2) is 17.5 Å². The standard InChI is InChI=1S/C8H16N2O2.ClH/c1-2-3-4-5-6-8(9)7-10(11)12;/h3-4,8H,2,5-7,9H2,1H3;1H/b4-3-;/t8-;/m0./s1. The summed E-state index contributed by atoms with van der Waals surface area (Å²) in [5, 5.41) is 10.0. The van der Waals surface area contributed by atoms with Crippen LogP contribution in [0.15, 0.2) is 12.2 Å². The second-order valence-corrected chi connectivity index (χ2v) is 2.73. The quantitative estimate of drug-likeness (QED) is 0.411. The summed E-state index contributed by atoms with van der Waals surface area (Å²) in [4.78, 5) is 9.64. The molecule has 13 heavy (non-hydrogen) atoms. The van der Waals surface area contributed by atoms with Gasteiger partial charge in [-0.1, -0.05) is 19.1 Å². The molecule has 2 N–H and O–H groups in total. The maximum atomic E-state index is 10.0. The fourth-order valence-corrected chi connectivity index (χ4v) is 0.878. The van der Waals surface area contributed by atoms with E-state index in [4.69, 9.17) is 5.73 Å². The number of hydrogen-bond donors (Lipinski definition) is 1. The van der Waals surface area contributed by atoms with Crippen molar-refractivity contribution in [3.63, 3.8) is 0 Å². The largest absolute Gasteiger partial charge is 0.322 e. The highest BCUT2D eigenvalue weighted by Crippen LogP contribution is 1.96. The molecule has 0 rings (SSSR count). The van der Waals surface area contributed by atoms with E-state index in [1.807, 2.05) is 19.1 Å². The summed E-state index contributed by atoms with van der Waals surface area (Å²) in [5.41, 5.74) is 5.48. The first-order valence-corrected chi connectivity index (χ1v) is 4.19. The number of hydrogen-bond acceptors (Lipinski definition) is 3. The third-order valence-electron chi connectivity index (χ3n) is 1.49. The fraction of sp³-hybridized carbons (Fsp3) is 0.750. The summed E-state index contributed by atoms with van der Waals surface area (Å²) in [6, 6.07) is -0.304. The lowest BCUT2D eigenvalue weighted by Crippen LogP contribution is -2.28. The summed E-state index contributed by atoms with van der Waals surface area (Å²) in [6.07, 6.45) is 6.59. The molecule has 0 amide bonds. The molecule has 0 aromatic rings. The summed E-state index contributed by atoms with van der Waals surface area (Å²) < 4.78 is 0. The van der Waals surface area contributed by atoms with Gasteiger partial charge in [0.25, 0.3) is 0 Å². The summed E-state index contributed by atoms with van der Waals surface area (Å²) >= 11 is 0. The third-order valence-corrected chi connectivity index (χ3v) is 1.49. The summed E-state index contributed by atoms with van der Waals surface area (Å²) in [5.74, 6) is 0. The van der Waals surface area contributed by atoms with Crippen LogP contribution in [0, 0.1) is 10.1 Å². The van der Waals surface area contributed by atoms with E-state index in [0.717, 1.165) is 12.8 Å². The highest BCUT2D eigenvalue weighted by atomic mass is 35.5. The van der Waals surface area contributed by atoms with Crippen molar-refractivity contribution in [3.05, 3.63) is 22.3 Å². The maximum absolute atomic E-state index is 10.0. The van der Waals surface area contributed by atoms with Gasteiger partial charge in [0.15, 0.2) is 0 Å². The average molecular weight is 209 g/mol. The first-order chi connectivity index (χ1) is 5.66. The molecule has 0 saturated heterocycles. The first kappa shape index (κ1) is 14.9. The molecule has 0 unspecified atom stereocenters. The van der Waals surface area contributed by atoms with Gasteiger partial charge in [0, 0.05) is 4.92 Å². The Balaban J connectivity index is 0. The van der Waals surface area contributed by atoms with Crippen molar-refractivity contribution >= 4 is 12.4 Å². The predicted octanol–water partition coefficient (Wildman–Crippen LogP) is 1.76. The summed E-state index contributed by atoms with van der Waals surface area (Å²) in [7, 11) is 0. The van der Waals surface area contributed by atoms with Crippen molar-refractivity contribution in [1.82, 2.24) is 0 Å². The molecule has 78 valence electrons. The minimum absolute atomic E-state index is 0. The molecule has 4 nitrogen and oxygen atoms in total. The topological polar surface area (TPSA) is 69.2 Å². The Morgan fingerprint density at radius 2 is 2.15 bits per heavy atom. The van der Waals surface area contributed by atoms with E-state index in [-0.39, 0.29) is 29.9 Å². The highest BCUT2D eigenvalue weighted by molar-refractivity contribution is 5.85. The van der Waals surface area contributed by atoms with Crippen LogP contribution in [0.2, 0.25) is 0 Å². The van der Waals surface area contributed by atoms with Gasteiger partial charge >= 0.3 is 0 Å². The molecule has 0 aliphatic heterocycles. The minimum atomic E-state index is -0.367. The predicted molar refractivity (Wildman–Crippen MR) is 55.7 cm³/mol. The molecule has 0 fully saturated rings.